The fraction of sp³-hybridized carbons (Fsp3) is 0.421. The van der Waals surface area contributed by atoms with Gasteiger partial charge in [-0.2, -0.15) is 0 Å². The van der Waals surface area contributed by atoms with Gasteiger partial charge in [0.1, 0.15) is 23.6 Å². The summed E-state index contributed by atoms with van der Waals surface area (Å²) < 4.78 is 10.4. The van der Waals surface area contributed by atoms with Crippen molar-refractivity contribution in [2.75, 3.05) is 30.0 Å². The third kappa shape index (κ3) is 3.62. The van der Waals surface area contributed by atoms with Crippen molar-refractivity contribution in [1.82, 2.24) is 5.16 Å². The molecule has 0 radical (unpaired) electrons. The van der Waals surface area contributed by atoms with Gasteiger partial charge in [0.2, 0.25) is 0 Å². The van der Waals surface area contributed by atoms with Gasteiger partial charge in [-0.15, -0.1) is 0 Å². The molecule has 2 aromatic rings. The van der Waals surface area contributed by atoms with Gasteiger partial charge in [-0.1, -0.05) is 25.9 Å². The van der Waals surface area contributed by atoms with Gasteiger partial charge in [0.05, 0.1) is 6.61 Å². The van der Waals surface area contributed by atoms with Crippen LogP contribution in [0.2, 0.25) is 0 Å². The van der Waals surface area contributed by atoms with Crippen molar-refractivity contribution < 1.29 is 18.8 Å². The predicted octanol–water partition coefficient (Wildman–Crippen LogP) is 2.90. The monoisotopic (exact) mass is 357 g/mol. The van der Waals surface area contributed by atoms with Gasteiger partial charge in [-0.25, -0.2) is 0 Å². The Bertz CT molecular complexity index is 818. The molecule has 7 nitrogen and oxygen atoms in total. The third-order valence-corrected chi connectivity index (χ3v) is 4.22. The normalized spacial score (nSPS) is 15.2. The Morgan fingerprint density at radius 1 is 1.23 bits per heavy atom. The number of aromatic nitrogens is 1. The largest absolute Gasteiger partial charge is 0.370 e. The third-order valence-electron chi connectivity index (χ3n) is 4.22. The van der Waals surface area contributed by atoms with Crippen molar-refractivity contribution in [3.8, 4) is 0 Å². The number of anilines is 2. The molecular weight excluding hydrogens is 334 g/mol. The second-order valence-corrected chi connectivity index (χ2v) is 7.31. The molecule has 0 aliphatic carbocycles. The van der Waals surface area contributed by atoms with E-state index in [0.717, 1.165) is 5.69 Å². The topological polar surface area (TPSA) is 84.7 Å². The average molecular weight is 357 g/mol. The van der Waals surface area contributed by atoms with Crippen LogP contribution in [0.25, 0.3) is 0 Å². The van der Waals surface area contributed by atoms with Crippen LogP contribution in [0.1, 0.15) is 42.6 Å². The highest BCUT2D eigenvalue weighted by Crippen LogP contribution is 2.28. The lowest BCUT2D eigenvalue weighted by Crippen LogP contribution is -2.41. The van der Waals surface area contributed by atoms with Crippen LogP contribution in [0.4, 0.5) is 11.4 Å². The highest BCUT2D eigenvalue weighted by atomic mass is 16.5. The molecule has 3 rings (SSSR count). The van der Waals surface area contributed by atoms with Gasteiger partial charge in [0.15, 0.2) is 0 Å². The first-order valence-corrected chi connectivity index (χ1v) is 8.53. The molecule has 0 unspecified atom stereocenters. The molecule has 0 bridgehead atoms. The number of nitrogens with one attached hydrogen (secondary N) is 1. The van der Waals surface area contributed by atoms with E-state index in [1.165, 1.54) is 0 Å². The van der Waals surface area contributed by atoms with Crippen LogP contribution in [0.3, 0.4) is 0 Å². The van der Waals surface area contributed by atoms with E-state index < -0.39 is 0 Å². The number of morpholine rings is 1. The van der Waals surface area contributed by atoms with Crippen molar-refractivity contribution >= 4 is 23.2 Å². The first kappa shape index (κ1) is 18.1. The molecule has 1 saturated heterocycles. The summed E-state index contributed by atoms with van der Waals surface area (Å²) in [5, 5.41) is 6.91. The zero-order chi connectivity index (χ0) is 18.9. The van der Waals surface area contributed by atoms with Crippen molar-refractivity contribution in [2.24, 2.45) is 0 Å². The summed E-state index contributed by atoms with van der Waals surface area (Å²) >= 11 is 0. The van der Waals surface area contributed by atoms with Gasteiger partial charge >= 0.3 is 0 Å². The summed E-state index contributed by atoms with van der Waals surface area (Å²) in [6.45, 7) is 8.82. The molecule has 0 saturated carbocycles. The Hall–Kier alpha value is -2.67. The first-order valence-electron chi connectivity index (χ1n) is 8.53. The molecule has 2 amide bonds. The summed E-state index contributed by atoms with van der Waals surface area (Å²) in [7, 11) is 0. The number of carbonyl (C=O) groups excluding carboxylic acids is 2. The van der Waals surface area contributed by atoms with Gasteiger partial charge in [-0.3, -0.25) is 9.59 Å². The maximum atomic E-state index is 12.7. The van der Waals surface area contributed by atoms with Gasteiger partial charge in [0.25, 0.3) is 11.8 Å². The van der Waals surface area contributed by atoms with E-state index in [4.69, 9.17) is 9.26 Å². The molecule has 1 aliphatic heterocycles. The SMILES string of the molecule is Cc1onc(C(C)(C)C)c1C(=O)Nc1ccc(N2CCOCC2=O)cc1. The number of ether oxygens (including phenoxy) is 1. The lowest BCUT2D eigenvalue weighted by atomic mass is 9.88. The minimum absolute atomic E-state index is 0.0667. The van der Waals surface area contributed by atoms with E-state index in [1.54, 1.807) is 24.0 Å². The highest BCUT2D eigenvalue weighted by molar-refractivity contribution is 6.06. The zero-order valence-electron chi connectivity index (χ0n) is 15.5. The fourth-order valence-electron chi connectivity index (χ4n) is 2.86. The van der Waals surface area contributed by atoms with E-state index in [9.17, 15) is 9.59 Å². The van der Waals surface area contributed by atoms with Crippen LogP contribution in [0.15, 0.2) is 28.8 Å². The first-order chi connectivity index (χ1) is 12.3. The van der Waals surface area contributed by atoms with Crippen molar-refractivity contribution in [2.45, 2.75) is 33.1 Å². The maximum absolute atomic E-state index is 12.7. The van der Waals surface area contributed by atoms with Crippen molar-refractivity contribution in [1.29, 1.82) is 0 Å². The summed E-state index contributed by atoms with van der Waals surface area (Å²) in [6.07, 6.45) is 0. The van der Waals surface area contributed by atoms with Crippen LogP contribution < -0.4 is 10.2 Å². The molecule has 1 aromatic carbocycles. The standard InChI is InChI=1S/C19H23N3O4/c1-12-16(17(21-26-12)19(2,3)4)18(24)20-13-5-7-14(8-6-13)22-9-10-25-11-15(22)23/h5-8H,9-11H2,1-4H3,(H,20,24). The molecule has 1 N–H and O–H groups in total. The summed E-state index contributed by atoms with van der Waals surface area (Å²) in [6, 6.07) is 7.17. The van der Waals surface area contributed by atoms with E-state index >= 15 is 0 Å². The number of aryl methyl sites for hydroxylation is 1. The molecule has 26 heavy (non-hydrogen) atoms. The molecule has 1 aromatic heterocycles. The van der Waals surface area contributed by atoms with Gasteiger partial charge < -0.3 is 19.5 Å². The summed E-state index contributed by atoms with van der Waals surface area (Å²) in [5.41, 5.74) is 2.21. The van der Waals surface area contributed by atoms with E-state index in [-0.39, 0.29) is 23.8 Å². The number of rotatable bonds is 3. The lowest BCUT2D eigenvalue weighted by molar-refractivity contribution is -0.125. The number of benzene rings is 1. The minimum Gasteiger partial charge on any atom is -0.370 e. The summed E-state index contributed by atoms with van der Waals surface area (Å²) in [5.74, 6) is 0.162. The number of hydrogen-bond donors (Lipinski definition) is 1. The Balaban J connectivity index is 1.77. The Kier molecular flexibility index (Phi) is 4.82. The summed E-state index contributed by atoms with van der Waals surface area (Å²) in [4.78, 5) is 26.3. The lowest BCUT2D eigenvalue weighted by Gasteiger charge is -2.26. The van der Waals surface area contributed by atoms with E-state index in [0.29, 0.717) is 35.9 Å². The second-order valence-electron chi connectivity index (χ2n) is 7.31. The number of carbonyl (C=O) groups is 2. The molecule has 1 fully saturated rings. The zero-order valence-corrected chi connectivity index (χ0v) is 15.5. The van der Waals surface area contributed by atoms with Crippen LogP contribution in [0, 0.1) is 6.92 Å². The van der Waals surface area contributed by atoms with Crippen LogP contribution in [0.5, 0.6) is 0 Å². The fourth-order valence-corrected chi connectivity index (χ4v) is 2.86. The van der Waals surface area contributed by atoms with E-state index in [2.05, 4.69) is 10.5 Å². The quantitative estimate of drug-likeness (QED) is 0.913. The smallest absolute Gasteiger partial charge is 0.261 e. The van der Waals surface area contributed by atoms with Crippen LogP contribution in [-0.2, 0) is 14.9 Å². The van der Waals surface area contributed by atoms with Crippen molar-refractivity contribution in [3.05, 3.63) is 41.3 Å². The van der Waals surface area contributed by atoms with Crippen LogP contribution in [-0.4, -0.2) is 36.7 Å². The number of nitrogens with zero attached hydrogens (tertiary/aromatic N) is 2. The molecule has 2 heterocycles. The molecule has 0 spiro atoms. The second kappa shape index (κ2) is 6.92. The van der Waals surface area contributed by atoms with E-state index in [1.807, 2.05) is 32.9 Å². The highest BCUT2D eigenvalue weighted by Gasteiger charge is 2.29. The number of hydrogen-bond acceptors (Lipinski definition) is 5. The van der Waals surface area contributed by atoms with Gasteiger partial charge in [-0.05, 0) is 31.2 Å². The average Bonchev–Trinajstić information content (AvgIpc) is 2.98. The Morgan fingerprint density at radius 2 is 1.92 bits per heavy atom. The Labute approximate surface area is 152 Å². The van der Waals surface area contributed by atoms with Crippen LogP contribution >= 0.6 is 0 Å². The Morgan fingerprint density at radius 3 is 2.54 bits per heavy atom. The molecule has 0 atom stereocenters. The maximum Gasteiger partial charge on any atom is 0.261 e. The molecule has 7 heteroatoms. The predicted molar refractivity (Wildman–Crippen MR) is 97.5 cm³/mol. The minimum atomic E-state index is -0.301. The molecular formula is C19H23N3O4. The van der Waals surface area contributed by atoms with Gasteiger partial charge in [0, 0.05) is 23.3 Å². The number of amides is 2. The molecule has 1 aliphatic rings. The molecule has 138 valence electrons. The van der Waals surface area contributed by atoms with Crippen molar-refractivity contribution in [3.63, 3.8) is 0 Å².